The Labute approximate surface area is 84.5 Å². The molecule has 0 unspecified atom stereocenters. The summed E-state index contributed by atoms with van der Waals surface area (Å²) in [5.41, 5.74) is 0. The van der Waals surface area contributed by atoms with Crippen LogP contribution in [0.1, 0.15) is 6.42 Å². The molecule has 0 aromatic carbocycles. The lowest BCUT2D eigenvalue weighted by Gasteiger charge is -2.40. The molecule has 0 spiro atoms. The smallest absolute Gasteiger partial charge is 0.200 e. The highest BCUT2D eigenvalue weighted by atomic mass is 32.2. The average Bonchev–Trinajstić information content (AvgIpc) is 2.02. The van der Waals surface area contributed by atoms with Gasteiger partial charge in [-0.2, -0.15) is 0 Å². The molecule has 0 amide bonds. The number of sulfone groups is 1. The Kier molecular flexibility index (Phi) is 3.88. The highest BCUT2D eigenvalue weighted by Crippen LogP contribution is 2.17. The van der Waals surface area contributed by atoms with Crippen LogP contribution < -0.4 is 0 Å². The highest BCUT2D eigenvalue weighted by Gasteiger charge is 2.36. The molecule has 1 aliphatic rings. The van der Waals surface area contributed by atoms with Crippen LogP contribution in [0.3, 0.4) is 0 Å². The second-order valence-corrected chi connectivity index (χ2v) is 6.04. The van der Waals surface area contributed by atoms with Gasteiger partial charge in [-0.15, -0.1) is 0 Å². The van der Waals surface area contributed by atoms with E-state index in [9.17, 15) is 8.42 Å². The van der Waals surface area contributed by atoms with Gasteiger partial charge in [-0.05, 0) is 0 Å². The maximum absolute atomic E-state index is 11.4. The van der Waals surface area contributed by atoms with Crippen LogP contribution >= 0.6 is 0 Å². The molecule has 5 nitrogen and oxygen atoms in total. The van der Waals surface area contributed by atoms with Gasteiger partial charge in [-0.3, -0.25) is 0 Å². The minimum absolute atomic E-state index is 0.0322. The van der Waals surface area contributed by atoms with E-state index in [0.29, 0.717) is 24.0 Å². The fourth-order valence-electron chi connectivity index (χ4n) is 2.06. The average molecular weight is 224 g/mol. The fraction of sp³-hybridized carbons (Fsp3) is 1.00. The van der Waals surface area contributed by atoms with Crippen molar-refractivity contribution in [2.75, 3.05) is 44.5 Å². The van der Waals surface area contributed by atoms with Gasteiger partial charge in [0.2, 0.25) is 9.84 Å². The SMILES string of the molecule is O=S1(=O)CCC[N+](CCO)(CCO)C1. The van der Waals surface area contributed by atoms with E-state index in [4.69, 9.17) is 10.2 Å². The molecule has 0 atom stereocenters. The third kappa shape index (κ3) is 2.91. The van der Waals surface area contributed by atoms with Crippen molar-refractivity contribution in [2.24, 2.45) is 0 Å². The first-order chi connectivity index (χ1) is 6.54. The Bertz CT molecular complexity index is 264. The zero-order valence-corrected chi connectivity index (χ0v) is 9.04. The molecule has 0 radical (unpaired) electrons. The van der Waals surface area contributed by atoms with E-state index in [1.807, 2.05) is 0 Å². The third-order valence-corrected chi connectivity index (χ3v) is 4.56. The normalized spacial score (nSPS) is 24.7. The van der Waals surface area contributed by atoms with Gasteiger partial charge in [-0.1, -0.05) is 0 Å². The molecule has 0 bridgehead atoms. The van der Waals surface area contributed by atoms with E-state index >= 15 is 0 Å². The number of quaternary nitrogens is 1. The lowest BCUT2D eigenvalue weighted by Crippen LogP contribution is -2.58. The van der Waals surface area contributed by atoms with E-state index in [1.54, 1.807) is 0 Å². The summed E-state index contributed by atoms with van der Waals surface area (Å²) in [4.78, 5) is 0. The van der Waals surface area contributed by atoms with Crippen LogP contribution in [-0.2, 0) is 9.84 Å². The number of rotatable bonds is 4. The molecule has 1 rings (SSSR count). The van der Waals surface area contributed by atoms with E-state index in [2.05, 4.69) is 0 Å². The van der Waals surface area contributed by atoms with Gasteiger partial charge in [0.1, 0.15) is 13.1 Å². The summed E-state index contributed by atoms with van der Waals surface area (Å²) in [6.45, 7) is 1.50. The monoisotopic (exact) mass is 224 g/mol. The summed E-state index contributed by atoms with van der Waals surface area (Å²) in [6.07, 6.45) is 0.627. The number of hydrogen-bond acceptors (Lipinski definition) is 4. The van der Waals surface area contributed by atoms with Gasteiger partial charge in [0.15, 0.2) is 5.88 Å². The second-order valence-electron chi connectivity index (χ2n) is 3.89. The molecule has 1 heterocycles. The Hall–Kier alpha value is -0.170. The van der Waals surface area contributed by atoms with Crippen molar-refractivity contribution in [3.8, 4) is 0 Å². The summed E-state index contributed by atoms with van der Waals surface area (Å²) in [5, 5.41) is 17.8. The Morgan fingerprint density at radius 1 is 1.14 bits per heavy atom. The number of hydrogen-bond donors (Lipinski definition) is 2. The lowest BCUT2D eigenvalue weighted by atomic mass is 10.3. The van der Waals surface area contributed by atoms with Crippen molar-refractivity contribution in [3.63, 3.8) is 0 Å². The van der Waals surface area contributed by atoms with Gasteiger partial charge < -0.3 is 14.7 Å². The molecule has 1 fully saturated rings. The predicted octanol–water partition coefficient (Wildman–Crippen LogP) is -1.44. The quantitative estimate of drug-likeness (QED) is 0.574. The molecular weight excluding hydrogens is 206 g/mol. The number of aliphatic hydroxyl groups excluding tert-OH is 2. The number of nitrogens with zero attached hydrogens (tertiary/aromatic N) is 1. The predicted molar refractivity (Wildman–Crippen MR) is 52.3 cm³/mol. The van der Waals surface area contributed by atoms with Crippen LogP contribution in [0.4, 0.5) is 0 Å². The summed E-state index contributed by atoms with van der Waals surface area (Å²) < 4.78 is 23.2. The van der Waals surface area contributed by atoms with Crippen LogP contribution in [-0.4, -0.2) is 67.6 Å². The molecule has 0 aromatic heterocycles. The van der Waals surface area contributed by atoms with Crippen LogP contribution in [0, 0.1) is 0 Å². The van der Waals surface area contributed by atoms with Crippen molar-refractivity contribution < 1.29 is 23.1 Å². The van der Waals surface area contributed by atoms with Crippen LogP contribution in [0.25, 0.3) is 0 Å². The molecule has 14 heavy (non-hydrogen) atoms. The largest absolute Gasteiger partial charge is 0.391 e. The molecule has 84 valence electrons. The standard InChI is InChI=1S/C8H18NO4S/c10-5-3-9(4-6-11)2-1-7-14(12,13)8-9/h10-11H,1-8H2/q+1. The first kappa shape index (κ1) is 11.9. The van der Waals surface area contributed by atoms with E-state index in [1.165, 1.54) is 0 Å². The minimum atomic E-state index is -2.98. The molecule has 1 saturated heterocycles. The molecule has 0 aliphatic carbocycles. The maximum atomic E-state index is 11.4. The molecule has 0 aromatic rings. The van der Waals surface area contributed by atoms with Crippen LogP contribution in [0.5, 0.6) is 0 Å². The molecular formula is C8H18NO4S+. The summed E-state index contributed by atoms with van der Waals surface area (Å²) in [7, 11) is -2.98. The summed E-state index contributed by atoms with van der Waals surface area (Å²) in [6, 6.07) is 0. The van der Waals surface area contributed by atoms with Gasteiger partial charge in [0.25, 0.3) is 0 Å². The molecule has 1 aliphatic heterocycles. The van der Waals surface area contributed by atoms with Crippen molar-refractivity contribution in [3.05, 3.63) is 0 Å². The van der Waals surface area contributed by atoms with Gasteiger partial charge in [0, 0.05) is 6.42 Å². The van der Waals surface area contributed by atoms with E-state index < -0.39 is 9.84 Å². The number of aliphatic hydroxyl groups is 2. The van der Waals surface area contributed by atoms with Gasteiger partial charge in [0.05, 0.1) is 25.5 Å². The fourth-order valence-corrected chi connectivity index (χ4v) is 3.97. The first-order valence-electron chi connectivity index (χ1n) is 4.81. The zero-order valence-electron chi connectivity index (χ0n) is 8.22. The first-order valence-corrected chi connectivity index (χ1v) is 6.63. The van der Waals surface area contributed by atoms with Crippen LogP contribution in [0.15, 0.2) is 0 Å². The summed E-state index contributed by atoms with van der Waals surface area (Å²) >= 11 is 0. The highest BCUT2D eigenvalue weighted by molar-refractivity contribution is 7.91. The molecule has 2 N–H and O–H groups in total. The second kappa shape index (κ2) is 4.57. The lowest BCUT2D eigenvalue weighted by molar-refractivity contribution is -0.919. The van der Waals surface area contributed by atoms with Gasteiger partial charge >= 0.3 is 0 Å². The molecule has 0 saturated carbocycles. The summed E-state index contributed by atoms with van der Waals surface area (Å²) in [5.74, 6) is 0.304. The van der Waals surface area contributed by atoms with Crippen molar-refractivity contribution in [1.82, 2.24) is 0 Å². The van der Waals surface area contributed by atoms with Crippen molar-refractivity contribution in [1.29, 1.82) is 0 Å². The zero-order chi connectivity index (χ0) is 10.7. The maximum Gasteiger partial charge on any atom is 0.200 e. The Balaban J connectivity index is 2.75. The van der Waals surface area contributed by atoms with Gasteiger partial charge in [-0.25, -0.2) is 8.42 Å². The van der Waals surface area contributed by atoms with Crippen molar-refractivity contribution in [2.45, 2.75) is 6.42 Å². The Morgan fingerprint density at radius 2 is 1.71 bits per heavy atom. The third-order valence-electron chi connectivity index (χ3n) is 2.71. The van der Waals surface area contributed by atoms with E-state index in [-0.39, 0.29) is 24.8 Å². The Morgan fingerprint density at radius 3 is 2.14 bits per heavy atom. The molecule has 6 heteroatoms. The van der Waals surface area contributed by atoms with Crippen LogP contribution in [0.2, 0.25) is 0 Å². The van der Waals surface area contributed by atoms with Crippen molar-refractivity contribution >= 4 is 9.84 Å². The minimum Gasteiger partial charge on any atom is -0.391 e. The topological polar surface area (TPSA) is 74.6 Å². The van der Waals surface area contributed by atoms with E-state index in [0.717, 1.165) is 6.54 Å².